The van der Waals surface area contributed by atoms with E-state index < -0.39 is 12.0 Å². The quantitative estimate of drug-likeness (QED) is 0.873. The van der Waals surface area contributed by atoms with Gasteiger partial charge in [-0.15, -0.1) is 0 Å². The molecule has 6 heteroatoms. The van der Waals surface area contributed by atoms with E-state index in [0.29, 0.717) is 29.4 Å². The highest BCUT2D eigenvalue weighted by Crippen LogP contribution is 2.26. The summed E-state index contributed by atoms with van der Waals surface area (Å²) < 4.78 is 0.496. The van der Waals surface area contributed by atoms with Crippen molar-refractivity contribution in [2.45, 2.75) is 18.9 Å². The van der Waals surface area contributed by atoms with Gasteiger partial charge in [0.05, 0.1) is 4.47 Å². The number of phenolic OH excluding ortho intramolecular Hbond substituents is 1. The second-order valence-corrected chi connectivity index (χ2v) is 5.02. The van der Waals surface area contributed by atoms with Gasteiger partial charge in [0.1, 0.15) is 11.8 Å². The summed E-state index contributed by atoms with van der Waals surface area (Å²) in [5.41, 5.74) is 0.295. The van der Waals surface area contributed by atoms with Crippen LogP contribution in [0.2, 0.25) is 0 Å². The van der Waals surface area contributed by atoms with Gasteiger partial charge in [-0.05, 0) is 47.0 Å². The molecular weight excluding hydrogens is 302 g/mol. The van der Waals surface area contributed by atoms with Crippen LogP contribution in [0.25, 0.3) is 0 Å². The summed E-state index contributed by atoms with van der Waals surface area (Å²) in [7, 11) is 0. The van der Waals surface area contributed by atoms with E-state index in [1.165, 1.54) is 11.0 Å². The Morgan fingerprint density at radius 3 is 2.72 bits per heavy atom. The van der Waals surface area contributed by atoms with E-state index in [0.717, 1.165) is 0 Å². The molecule has 1 atom stereocenters. The first-order valence-electron chi connectivity index (χ1n) is 5.53. The molecule has 1 fully saturated rings. The maximum atomic E-state index is 12.2. The van der Waals surface area contributed by atoms with Crippen molar-refractivity contribution in [1.29, 1.82) is 0 Å². The zero-order chi connectivity index (χ0) is 13.3. The summed E-state index contributed by atoms with van der Waals surface area (Å²) in [5, 5.41) is 18.6. The Morgan fingerprint density at radius 1 is 1.39 bits per heavy atom. The highest BCUT2D eigenvalue weighted by molar-refractivity contribution is 9.10. The molecule has 1 aromatic carbocycles. The summed E-state index contributed by atoms with van der Waals surface area (Å²) in [5.74, 6) is -1.38. The molecule has 2 N–H and O–H groups in total. The fourth-order valence-corrected chi connectivity index (χ4v) is 2.32. The first-order valence-corrected chi connectivity index (χ1v) is 6.32. The van der Waals surface area contributed by atoms with Crippen LogP contribution in [0.4, 0.5) is 0 Å². The fourth-order valence-electron chi connectivity index (χ4n) is 2.08. The average molecular weight is 314 g/mol. The first kappa shape index (κ1) is 12.9. The van der Waals surface area contributed by atoms with Crippen LogP contribution < -0.4 is 0 Å². The van der Waals surface area contributed by atoms with E-state index in [1.807, 2.05) is 0 Å². The summed E-state index contributed by atoms with van der Waals surface area (Å²) >= 11 is 3.13. The predicted molar refractivity (Wildman–Crippen MR) is 67.5 cm³/mol. The summed E-state index contributed by atoms with van der Waals surface area (Å²) in [4.78, 5) is 24.5. The Bertz CT molecular complexity index is 503. The van der Waals surface area contributed by atoms with Crippen LogP contribution in [-0.2, 0) is 4.79 Å². The molecule has 1 aliphatic rings. The number of hydrogen-bond acceptors (Lipinski definition) is 3. The van der Waals surface area contributed by atoms with Crippen molar-refractivity contribution in [3.63, 3.8) is 0 Å². The zero-order valence-corrected chi connectivity index (χ0v) is 11.1. The minimum absolute atomic E-state index is 0.0353. The highest BCUT2D eigenvalue weighted by Gasteiger charge is 2.34. The third-order valence-corrected chi connectivity index (χ3v) is 3.66. The van der Waals surface area contributed by atoms with Gasteiger partial charge in [0, 0.05) is 12.1 Å². The van der Waals surface area contributed by atoms with Gasteiger partial charge in [-0.2, -0.15) is 0 Å². The number of aromatic hydroxyl groups is 1. The number of aliphatic carboxylic acids is 1. The normalized spacial score (nSPS) is 18.9. The zero-order valence-electron chi connectivity index (χ0n) is 9.47. The van der Waals surface area contributed by atoms with Gasteiger partial charge in [-0.25, -0.2) is 4.79 Å². The predicted octanol–water partition coefficient (Wildman–Crippen LogP) is 1.84. The Balaban J connectivity index is 2.25. The van der Waals surface area contributed by atoms with Gasteiger partial charge in [0.2, 0.25) is 0 Å². The van der Waals surface area contributed by atoms with Crippen LogP contribution in [0.15, 0.2) is 22.7 Å². The van der Waals surface area contributed by atoms with E-state index in [-0.39, 0.29) is 11.7 Å². The number of likely N-dealkylation sites (tertiary alicyclic amines) is 1. The second kappa shape index (κ2) is 4.97. The number of nitrogens with zero attached hydrogens (tertiary/aromatic N) is 1. The smallest absolute Gasteiger partial charge is 0.326 e. The molecule has 0 radical (unpaired) electrons. The molecule has 96 valence electrons. The van der Waals surface area contributed by atoms with Crippen LogP contribution in [0, 0.1) is 0 Å². The average Bonchev–Trinajstić information content (AvgIpc) is 2.81. The number of halogens is 1. The van der Waals surface area contributed by atoms with E-state index in [4.69, 9.17) is 5.11 Å². The molecule has 5 nitrogen and oxygen atoms in total. The summed E-state index contributed by atoms with van der Waals surface area (Å²) in [6, 6.07) is 3.70. The van der Waals surface area contributed by atoms with Crippen molar-refractivity contribution in [1.82, 2.24) is 4.90 Å². The topological polar surface area (TPSA) is 77.8 Å². The van der Waals surface area contributed by atoms with Gasteiger partial charge in [-0.3, -0.25) is 4.79 Å². The number of benzene rings is 1. The number of rotatable bonds is 2. The third kappa shape index (κ3) is 2.33. The van der Waals surface area contributed by atoms with Crippen LogP contribution in [0.3, 0.4) is 0 Å². The monoisotopic (exact) mass is 313 g/mol. The van der Waals surface area contributed by atoms with Gasteiger partial charge in [0.25, 0.3) is 5.91 Å². The van der Waals surface area contributed by atoms with E-state index in [1.54, 1.807) is 12.1 Å². The van der Waals surface area contributed by atoms with Gasteiger partial charge in [-0.1, -0.05) is 0 Å². The molecule has 1 amide bonds. The van der Waals surface area contributed by atoms with Crippen LogP contribution >= 0.6 is 15.9 Å². The first-order chi connectivity index (χ1) is 8.50. The molecule has 0 spiro atoms. The number of amides is 1. The van der Waals surface area contributed by atoms with Crippen molar-refractivity contribution < 1.29 is 19.8 Å². The third-order valence-electron chi connectivity index (χ3n) is 2.99. The second-order valence-electron chi connectivity index (χ2n) is 4.16. The van der Waals surface area contributed by atoms with Crippen LogP contribution in [-0.4, -0.2) is 39.6 Å². The van der Waals surface area contributed by atoms with E-state index in [2.05, 4.69) is 15.9 Å². The van der Waals surface area contributed by atoms with Crippen molar-refractivity contribution in [2.24, 2.45) is 0 Å². The number of phenols is 1. The molecule has 0 unspecified atom stereocenters. The lowest BCUT2D eigenvalue weighted by Crippen LogP contribution is -2.40. The molecule has 0 aliphatic carbocycles. The number of hydrogen-bond donors (Lipinski definition) is 2. The van der Waals surface area contributed by atoms with Crippen molar-refractivity contribution in [2.75, 3.05) is 6.54 Å². The molecule has 0 saturated carbocycles. The van der Waals surface area contributed by atoms with E-state index >= 15 is 0 Å². The van der Waals surface area contributed by atoms with Crippen LogP contribution in [0.1, 0.15) is 23.2 Å². The summed E-state index contributed by atoms with van der Waals surface area (Å²) in [6.45, 7) is 0.437. The SMILES string of the molecule is O=C(O)[C@@H]1CCCN1C(=O)c1ccc(Br)c(O)c1. The maximum absolute atomic E-state index is 12.2. The highest BCUT2D eigenvalue weighted by atomic mass is 79.9. The Hall–Kier alpha value is -1.56. The Labute approximate surface area is 112 Å². The lowest BCUT2D eigenvalue weighted by atomic mass is 10.1. The molecular formula is C12H12BrNO4. The number of carbonyl (C=O) groups excluding carboxylic acids is 1. The molecule has 1 aromatic rings. The van der Waals surface area contributed by atoms with Crippen molar-refractivity contribution in [3.05, 3.63) is 28.2 Å². The standard InChI is InChI=1S/C12H12BrNO4/c13-8-4-3-7(6-10(8)15)11(16)14-5-1-2-9(14)12(17)18/h3-4,6,9,15H,1-2,5H2,(H,17,18)/t9-/m0/s1. The van der Waals surface area contributed by atoms with Crippen molar-refractivity contribution in [3.8, 4) is 5.75 Å². The molecule has 1 heterocycles. The minimum atomic E-state index is -0.984. The fraction of sp³-hybridized carbons (Fsp3) is 0.333. The lowest BCUT2D eigenvalue weighted by molar-refractivity contribution is -0.141. The van der Waals surface area contributed by atoms with Gasteiger partial charge < -0.3 is 15.1 Å². The van der Waals surface area contributed by atoms with Crippen molar-refractivity contribution >= 4 is 27.8 Å². The minimum Gasteiger partial charge on any atom is -0.507 e. The van der Waals surface area contributed by atoms with Gasteiger partial charge >= 0.3 is 5.97 Å². The molecule has 0 bridgehead atoms. The lowest BCUT2D eigenvalue weighted by Gasteiger charge is -2.21. The van der Waals surface area contributed by atoms with E-state index in [9.17, 15) is 14.7 Å². The molecule has 1 aliphatic heterocycles. The number of carboxylic acid groups (broad SMARTS) is 1. The summed E-state index contributed by atoms with van der Waals surface area (Å²) in [6.07, 6.45) is 1.16. The van der Waals surface area contributed by atoms with Crippen LogP contribution in [0.5, 0.6) is 5.75 Å². The Kier molecular flexibility index (Phi) is 3.56. The Morgan fingerprint density at radius 2 is 2.11 bits per heavy atom. The van der Waals surface area contributed by atoms with Gasteiger partial charge in [0.15, 0.2) is 0 Å². The number of carbonyl (C=O) groups is 2. The number of carboxylic acids is 1. The molecule has 2 rings (SSSR count). The molecule has 18 heavy (non-hydrogen) atoms. The molecule has 0 aromatic heterocycles. The largest absolute Gasteiger partial charge is 0.507 e. The maximum Gasteiger partial charge on any atom is 0.326 e. The molecule has 1 saturated heterocycles.